The van der Waals surface area contributed by atoms with Crippen molar-refractivity contribution >= 4 is 23.0 Å². The first-order valence-corrected chi connectivity index (χ1v) is 6.02. The third-order valence-electron chi connectivity index (χ3n) is 3.06. The van der Waals surface area contributed by atoms with Crippen LogP contribution >= 0.6 is 11.6 Å². The highest BCUT2D eigenvalue weighted by atomic mass is 35.5. The fourth-order valence-electron chi connectivity index (χ4n) is 2.02. The Kier molecular flexibility index (Phi) is 3.56. The smallest absolute Gasteiger partial charge is 0.0660 e. The molecule has 1 saturated heterocycles. The molecule has 4 heteroatoms. The maximum absolute atomic E-state index is 6.18. The molecule has 3 nitrogen and oxygen atoms in total. The van der Waals surface area contributed by atoms with E-state index in [0.29, 0.717) is 5.69 Å². The lowest BCUT2D eigenvalue weighted by Crippen LogP contribution is -2.46. The van der Waals surface area contributed by atoms with Gasteiger partial charge in [0.25, 0.3) is 0 Å². The highest BCUT2D eigenvalue weighted by Crippen LogP contribution is 2.28. The molecule has 0 atom stereocenters. The number of anilines is 2. The molecule has 1 aromatic carbocycles. The number of halogens is 1. The van der Waals surface area contributed by atoms with E-state index in [1.807, 2.05) is 6.07 Å². The van der Waals surface area contributed by atoms with Gasteiger partial charge in [0, 0.05) is 37.9 Å². The Hall–Kier alpha value is -0.930. The summed E-state index contributed by atoms with van der Waals surface area (Å²) in [5, 5.41) is 0.723. The van der Waals surface area contributed by atoms with Gasteiger partial charge in [-0.05, 0) is 18.7 Å². The summed E-state index contributed by atoms with van der Waals surface area (Å²) in [5.41, 5.74) is 7.28. The first kappa shape index (κ1) is 11.6. The van der Waals surface area contributed by atoms with Gasteiger partial charge < -0.3 is 15.5 Å². The second-order valence-corrected chi connectivity index (χ2v) is 4.45. The van der Waals surface area contributed by atoms with Crippen LogP contribution in [0.2, 0.25) is 5.02 Å². The second kappa shape index (κ2) is 4.93. The monoisotopic (exact) mass is 238 g/mol. The number of nitrogen functional groups attached to an aromatic ring is 1. The Morgan fingerprint density at radius 3 is 2.62 bits per heavy atom. The summed E-state index contributed by atoms with van der Waals surface area (Å²) in [6.07, 6.45) is 0. The molecule has 1 radical (unpaired) electrons. The number of piperazine rings is 1. The van der Waals surface area contributed by atoms with E-state index in [0.717, 1.165) is 43.4 Å². The molecule has 1 fully saturated rings. The molecule has 0 aliphatic carbocycles. The van der Waals surface area contributed by atoms with Crippen molar-refractivity contribution in [2.24, 2.45) is 0 Å². The highest BCUT2D eigenvalue weighted by Gasteiger charge is 2.17. The topological polar surface area (TPSA) is 32.5 Å². The largest absolute Gasteiger partial charge is 0.398 e. The molecule has 0 amide bonds. The molecule has 0 saturated carbocycles. The van der Waals surface area contributed by atoms with Gasteiger partial charge in [-0.25, -0.2) is 0 Å². The van der Waals surface area contributed by atoms with Crippen LogP contribution in [-0.4, -0.2) is 37.6 Å². The van der Waals surface area contributed by atoms with Crippen LogP contribution in [0.4, 0.5) is 11.4 Å². The van der Waals surface area contributed by atoms with Crippen LogP contribution in [0.15, 0.2) is 12.1 Å². The van der Waals surface area contributed by atoms with Crippen molar-refractivity contribution in [1.82, 2.24) is 4.90 Å². The number of likely N-dealkylation sites (N-methyl/N-ethyl adjacent to an activating group) is 1. The molecule has 1 aliphatic rings. The van der Waals surface area contributed by atoms with Crippen LogP contribution in [0, 0.1) is 6.07 Å². The number of rotatable bonds is 2. The van der Waals surface area contributed by atoms with E-state index in [9.17, 15) is 0 Å². The normalized spacial score (nSPS) is 17.8. The predicted octanol–water partition coefficient (Wildman–Crippen LogP) is 1.86. The zero-order valence-corrected chi connectivity index (χ0v) is 10.3. The summed E-state index contributed by atoms with van der Waals surface area (Å²) in [6.45, 7) is 7.54. The van der Waals surface area contributed by atoms with Gasteiger partial charge in [0.15, 0.2) is 0 Å². The van der Waals surface area contributed by atoms with E-state index >= 15 is 0 Å². The van der Waals surface area contributed by atoms with Crippen LogP contribution in [0.5, 0.6) is 0 Å². The van der Waals surface area contributed by atoms with Crippen molar-refractivity contribution in [1.29, 1.82) is 0 Å². The summed E-state index contributed by atoms with van der Waals surface area (Å²) in [5.74, 6) is 0. The molecule has 2 N–H and O–H groups in total. The minimum absolute atomic E-state index is 0.598. The predicted molar refractivity (Wildman–Crippen MR) is 69.0 cm³/mol. The van der Waals surface area contributed by atoms with E-state index in [2.05, 4.69) is 22.8 Å². The van der Waals surface area contributed by atoms with Gasteiger partial charge in [0.05, 0.1) is 10.7 Å². The lowest BCUT2D eigenvalue weighted by atomic mass is 10.2. The number of hydrogen-bond donors (Lipinski definition) is 1. The third-order valence-corrected chi connectivity index (χ3v) is 3.37. The molecule has 0 spiro atoms. The van der Waals surface area contributed by atoms with Gasteiger partial charge in [0.1, 0.15) is 0 Å². The number of nitrogens with zero attached hydrogens (tertiary/aromatic N) is 2. The van der Waals surface area contributed by atoms with Gasteiger partial charge >= 0.3 is 0 Å². The van der Waals surface area contributed by atoms with Gasteiger partial charge in [-0.3, -0.25) is 0 Å². The van der Waals surface area contributed by atoms with Gasteiger partial charge in [-0.15, -0.1) is 0 Å². The van der Waals surface area contributed by atoms with Crippen LogP contribution < -0.4 is 10.6 Å². The van der Waals surface area contributed by atoms with Crippen LogP contribution in [0.25, 0.3) is 0 Å². The quantitative estimate of drug-likeness (QED) is 0.799. The first-order chi connectivity index (χ1) is 7.70. The molecule has 1 aromatic rings. The molecule has 0 unspecified atom stereocenters. The molecule has 0 bridgehead atoms. The van der Waals surface area contributed by atoms with Crippen molar-refractivity contribution in [3.8, 4) is 0 Å². The summed E-state index contributed by atoms with van der Waals surface area (Å²) in [6, 6.07) is 6.66. The van der Waals surface area contributed by atoms with Crippen LogP contribution in [0.1, 0.15) is 6.92 Å². The SMILES string of the molecule is CCN1CCN(c2c[c]c(N)cc2Cl)CC1. The lowest BCUT2D eigenvalue weighted by molar-refractivity contribution is 0.271. The van der Waals surface area contributed by atoms with Gasteiger partial charge in [-0.1, -0.05) is 18.5 Å². The minimum Gasteiger partial charge on any atom is -0.398 e. The summed E-state index contributed by atoms with van der Waals surface area (Å²) < 4.78 is 0. The van der Waals surface area contributed by atoms with Crippen LogP contribution in [0.3, 0.4) is 0 Å². The highest BCUT2D eigenvalue weighted by molar-refractivity contribution is 6.33. The number of benzene rings is 1. The second-order valence-electron chi connectivity index (χ2n) is 4.04. The fourth-order valence-corrected chi connectivity index (χ4v) is 2.31. The lowest BCUT2D eigenvalue weighted by Gasteiger charge is -2.35. The Labute approximate surface area is 102 Å². The number of nitrogens with two attached hydrogens (primary N) is 1. The maximum Gasteiger partial charge on any atom is 0.0660 e. The average molecular weight is 239 g/mol. The number of hydrogen-bond acceptors (Lipinski definition) is 3. The molecular formula is C12H17ClN3. The summed E-state index contributed by atoms with van der Waals surface area (Å²) >= 11 is 6.18. The Bertz CT molecular complexity index is 359. The minimum atomic E-state index is 0.598. The van der Waals surface area contributed by atoms with Gasteiger partial charge in [-0.2, -0.15) is 0 Å². The Morgan fingerprint density at radius 1 is 1.38 bits per heavy atom. The zero-order chi connectivity index (χ0) is 11.5. The van der Waals surface area contributed by atoms with E-state index in [-0.39, 0.29) is 0 Å². The van der Waals surface area contributed by atoms with E-state index in [1.165, 1.54) is 0 Å². The average Bonchev–Trinajstić information content (AvgIpc) is 2.29. The van der Waals surface area contributed by atoms with E-state index in [1.54, 1.807) is 6.07 Å². The Morgan fingerprint density at radius 2 is 2.06 bits per heavy atom. The molecular weight excluding hydrogens is 222 g/mol. The Balaban J connectivity index is 2.08. The molecule has 1 heterocycles. The standard InChI is InChI=1S/C12H17ClN3/c1-2-15-5-7-16(8-6-15)12-4-3-10(14)9-11(12)13/h4,9H,2,5-8,14H2,1H3. The zero-order valence-electron chi connectivity index (χ0n) is 9.54. The molecule has 2 rings (SSSR count). The maximum atomic E-state index is 6.18. The van der Waals surface area contributed by atoms with E-state index in [4.69, 9.17) is 17.3 Å². The van der Waals surface area contributed by atoms with E-state index < -0.39 is 0 Å². The van der Waals surface area contributed by atoms with Crippen molar-refractivity contribution in [2.75, 3.05) is 43.4 Å². The van der Waals surface area contributed by atoms with Crippen molar-refractivity contribution < 1.29 is 0 Å². The third kappa shape index (κ3) is 2.42. The summed E-state index contributed by atoms with van der Waals surface area (Å²) in [7, 11) is 0. The first-order valence-electron chi connectivity index (χ1n) is 5.64. The van der Waals surface area contributed by atoms with Crippen LogP contribution in [-0.2, 0) is 0 Å². The van der Waals surface area contributed by atoms with Crippen molar-refractivity contribution in [3.63, 3.8) is 0 Å². The molecule has 1 aliphatic heterocycles. The molecule has 87 valence electrons. The fraction of sp³-hybridized carbons (Fsp3) is 0.500. The van der Waals surface area contributed by atoms with Gasteiger partial charge in [0.2, 0.25) is 0 Å². The van der Waals surface area contributed by atoms with Crippen molar-refractivity contribution in [3.05, 3.63) is 23.2 Å². The molecule has 16 heavy (non-hydrogen) atoms. The molecule has 0 aromatic heterocycles. The summed E-state index contributed by atoms with van der Waals surface area (Å²) in [4.78, 5) is 4.73. The van der Waals surface area contributed by atoms with Crippen molar-refractivity contribution in [2.45, 2.75) is 6.92 Å².